The maximum absolute atomic E-state index is 13.7. The molecule has 5 rings (SSSR count). The number of sulfonamides is 1. The van der Waals surface area contributed by atoms with Gasteiger partial charge >= 0.3 is 0 Å². The normalized spacial score (nSPS) is 29.2. The van der Waals surface area contributed by atoms with Crippen LogP contribution in [0, 0.1) is 17.8 Å². The zero-order chi connectivity index (χ0) is 31.4. The number of nitrogens with two attached hydrogens (primary N) is 1. The van der Waals surface area contributed by atoms with Gasteiger partial charge in [-0.2, -0.15) is 0 Å². The van der Waals surface area contributed by atoms with E-state index in [9.17, 15) is 13.2 Å². The van der Waals surface area contributed by atoms with Gasteiger partial charge in [0, 0.05) is 63.1 Å². The number of nitrogens with zero attached hydrogens (tertiary/aromatic N) is 4. The fourth-order valence-corrected chi connectivity index (χ4v) is 8.90. The summed E-state index contributed by atoms with van der Waals surface area (Å²) in [5.74, 6) is 2.18. The molecule has 5 atom stereocenters. The Morgan fingerprint density at radius 3 is 2.36 bits per heavy atom. The van der Waals surface area contributed by atoms with E-state index >= 15 is 0 Å². The second-order valence-corrected chi connectivity index (χ2v) is 15.7. The lowest BCUT2D eigenvalue weighted by atomic mass is 9.78. The number of nitrogens with one attached hydrogen (secondary N) is 1. The topological polar surface area (TPSA) is 111 Å². The van der Waals surface area contributed by atoms with Crippen LogP contribution in [0.3, 0.4) is 0 Å². The maximum Gasteiger partial charge on any atom is 0.272 e. The maximum atomic E-state index is 13.7. The van der Waals surface area contributed by atoms with Crippen molar-refractivity contribution in [2.24, 2.45) is 28.5 Å². The Balaban J connectivity index is 1.11. The van der Waals surface area contributed by atoms with Gasteiger partial charge in [-0.25, -0.2) is 17.7 Å². The molecule has 9 nitrogen and oxygen atoms in total. The fraction of sp³-hybridized carbons (Fsp3) is 0.647. The van der Waals surface area contributed by atoms with Gasteiger partial charge in [-0.15, -0.1) is 0 Å². The summed E-state index contributed by atoms with van der Waals surface area (Å²) in [4.78, 5) is 22.5. The number of carbonyl (C=O) groups is 1. The third-order valence-electron chi connectivity index (χ3n) is 10.9. The molecule has 3 N–H and O–H groups in total. The Morgan fingerprint density at radius 2 is 1.75 bits per heavy atom. The number of hydrogen-bond acceptors (Lipinski definition) is 6. The molecule has 4 fully saturated rings. The summed E-state index contributed by atoms with van der Waals surface area (Å²) < 4.78 is 25.6. The minimum Gasteiger partial charge on any atom is -0.390 e. The third-order valence-corrected chi connectivity index (χ3v) is 12.3. The molecule has 1 aromatic carbocycles. The van der Waals surface area contributed by atoms with Gasteiger partial charge in [0.25, 0.3) is 5.91 Å². The molecule has 1 aromatic rings. The molecule has 0 spiro atoms. The second kappa shape index (κ2) is 14.2. The lowest BCUT2D eigenvalue weighted by Gasteiger charge is -2.37. The molecule has 2 heterocycles. The van der Waals surface area contributed by atoms with Crippen LogP contribution in [0.25, 0.3) is 0 Å². The molecule has 0 bridgehead atoms. The minimum absolute atomic E-state index is 0.0858. The molecule has 1 amide bonds. The van der Waals surface area contributed by atoms with Crippen molar-refractivity contribution in [3.05, 3.63) is 59.4 Å². The standard InChI is InChI=1S/C34H52N6O3S/c1-24(25(2)36-20-26-9-8-12-28(17-26)27-10-6-5-7-11-27)33(37-23-35)34(41)39-15-13-31(14-16-39)40-21-29-18-32(19-30(29)22-40)38(3)44(4,42)43/h5-7,10-11,23,26,28-32,36H,2,8-9,12-22H2,1,3-4H3,(H2,35,37)/b33-24-/t26-,28+,29-,30+,32?/m0/s1. The Morgan fingerprint density at radius 1 is 1.09 bits per heavy atom. The smallest absolute Gasteiger partial charge is 0.272 e. The SMILES string of the molecule is C=C(NC[C@H]1CCC[C@@H](c2ccccc2)C1)/C(C)=C(\N=CN)C(=O)N1CCC(N2C[C@H]3CC(N(C)S(C)(=O)=O)C[C@H]3C2)CC1. The number of fused-ring (bicyclic) bond motifs is 1. The van der Waals surface area contributed by atoms with E-state index in [2.05, 4.69) is 52.1 Å². The number of likely N-dealkylation sites (tertiary alicyclic amines) is 2. The number of hydrogen-bond donors (Lipinski definition) is 2. The first kappa shape index (κ1) is 32.7. The molecule has 2 aliphatic heterocycles. The van der Waals surface area contributed by atoms with Gasteiger partial charge in [0.15, 0.2) is 0 Å². The summed E-state index contributed by atoms with van der Waals surface area (Å²) in [6, 6.07) is 11.4. The van der Waals surface area contributed by atoms with Gasteiger partial charge in [0.1, 0.15) is 5.70 Å². The number of aliphatic imine (C=N–C) groups is 1. The van der Waals surface area contributed by atoms with Gasteiger partial charge in [-0.1, -0.05) is 43.3 Å². The van der Waals surface area contributed by atoms with Gasteiger partial charge in [0.05, 0.1) is 12.6 Å². The van der Waals surface area contributed by atoms with Gasteiger partial charge in [0.2, 0.25) is 10.0 Å². The molecule has 44 heavy (non-hydrogen) atoms. The fourth-order valence-electron chi connectivity index (χ4n) is 8.19. The van der Waals surface area contributed by atoms with Crippen molar-refractivity contribution in [3.63, 3.8) is 0 Å². The van der Waals surface area contributed by atoms with E-state index in [1.807, 2.05) is 11.8 Å². The molecular weight excluding hydrogens is 572 g/mol. The Hall–Kier alpha value is -2.69. The van der Waals surface area contributed by atoms with Crippen molar-refractivity contribution in [2.75, 3.05) is 46.0 Å². The summed E-state index contributed by atoms with van der Waals surface area (Å²) in [7, 11) is -1.44. The average Bonchev–Trinajstić information content (AvgIpc) is 3.61. The number of amides is 1. The van der Waals surface area contributed by atoms with Crippen molar-refractivity contribution in [1.82, 2.24) is 19.4 Å². The van der Waals surface area contributed by atoms with E-state index in [1.165, 1.54) is 37.4 Å². The van der Waals surface area contributed by atoms with Crippen molar-refractivity contribution in [1.29, 1.82) is 0 Å². The van der Waals surface area contributed by atoms with E-state index in [-0.39, 0.29) is 11.9 Å². The molecule has 0 radical (unpaired) electrons. The van der Waals surface area contributed by atoms with Crippen LogP contribution in [0.4, 0.5) is 0 Å². The molecule has 2 aliphatic carbocycles. The second-order valence-electron chi connectivity index (χ2n) is 13.7. The Bertz CT molecular complexity index is 1320. The highest BCUT2D eigenvalue weighted by Gasteiger charge is 2.45. The first-order chi connectivity index (χ1) is 21.0. The average molecular weight is 625 g/mol. The van der Waals surface area contributed by atoms with Crippen molar-refractivity contribution in [2.45, 2.75) is 76.3 Å². The van der Waals surface area contributed by atoms with Crippen LogP contribution in [0.15, 0.2) is 58.9 Å². The number of benzene rings is 1. The summed E-state index contributed by atoms with van der Waals surface area (Å²) in [6.07, 6.45) is 11.1. The lowest BCUT2D eigenvalue weighted by Crippen LogP contribution is -2.47. The van der Waals surface area contributed by atoms with Gasteiger partial charge < -0.3 is 16.0 Å². The molecular formula is C34H52N6O3S. The van der Waals surface area contributed by atoms with Gasteiger partial charge in [-0.05, 0) is 81.1 Å². The monoisotopic (exact) mass is 624 g/mol. The first-order valence-electron chi connectivity index (χ1n) is 16.4. The van der Waals surface area contributed by atoms with E-state index in [0.29, 0.717) is 48.5 Å². The predicted octanol–water partition coefficient (Wildman–Crippen LogP) is 3.92. The number of rotatable bonds is 10. The summed E-state index contributed by atoms with van der Waals surface area (Å²) in [5.41, 5.74) is 8.99. The first-order valence-corrected chi connectivity index (χ1v) is 18.3. The molecule has 242 valence electrons. The van der Waals surface area contributed by atoms with Crippen LogP contribution in [-0.2, 0) is 14.8 Å². The van der Waals surface area contributed by atoms with Gasteiger partial charge in [-0.3, -0.25) is 9.69 Å². The Labute approximate surface area is 264 Å². The molecule has 0 aromatic heterocycles. The number of carbonyl (C=O) groups excluding carboxylic acids is 1. The lowest BCUT2D eigenvalue weighted by molar-refractivity contribution is -0.128. The summed E-state index contributed by atoms with van der Waals surface area (Å²) in [5, 5.41) is 3.52. The van der Waals surface area contributed by atoms with Crippen LogP contribution in [0.1, 0.15) is 69.8 Å². The van der Waals surface area contributed by atoms with Crippen molar-refractivity contribution < 1.29 is 13.2 Å². The molecule has 2 saturated heterocycles. The van der Waals surface area contributed by atoms with Crippen LogP contribution < -0.4 is 11.1 Å². The molecule has 4 aliphatic rings. The van der Waals surface area contributed by atoms with E-state index in [4.69, 9.17) is 5.73 Å². The third kappa shape index (κ3) is 7.57. The minimum atomic E-state index is -3.16. The number of allylic oxidation sites excluding steroid dienone is 1. The Kier molecular flexibility index (Phi) is 10.5. The highest BCUT2D eigenvalue weighted by Crippen LogP contribution is 2.42. The zero-order valence-electron chi connectivity index (χ0n) is 26.8. The van der Waals surface area contributed by atoms with E-state index < -0.39 is 10.0 Å². The van der Waals surface area contributed by atoms with E-state index in [0.717, 1.165) is 63.0 Å². The molecule has 1 unspecified atom stereocenters. The van der Waals surface area contributed by atoms with Crippen molar-refractivity contribution >= 4 is 22.3 Å². The predicted molar refractivity (Wildman–Crippen MR) is 177 cm³/mol. The molecule has 2 saturated carbocycles. The summed E-state index contributed by atoms with van der Waals surface area (Å²) in [6.45, 7) is 10.4. The molecule has 10 heteroatoms. The highest BCUT2D eigenvalue weighted by atomic mass is 32.2. The zero-order valence-corrected chi connectivity index (χ0v) is 27.6. The highest BCUT2D eigenvalue weighted by molar-refractivity contribution is 7.88. The van der Waals surface area contributed by atoms with Crippen LogP contribution in [0.5, 0.6) is 0 Å². The quantitative estimate of drug-likeness (QED) is 0.177. The van der Waals surface area contributed by atoms with Crippen LogP contribution in [-0.4, -0.2) is 92.9 Å². The largest absolute Gasteiger partial charge is 0.390 e. The van der Waals surface area contributed by atoms with Crippen LogP contribution in [0.2, 0.25) is 0 Å². The van der Waals surface area contributed by atoms with Crippen LogP contribution >= 0.6 is 0 Å². The summed E-state index contributed by atoms with van der Waals surface area (Å²) >= 11 is 0. The van der Waals surface area contributed by atoms with Crippen molar-refractivity contribution in [3.8, 4) is 0 Å². The number of piperidine rings is 1. The van der Waals surface area contributed by atoms with E-state index in [1.54, 1.807) is 11.4 Å².